The van der Waals surface area contributed by atoms with E-state index in [4.69, 9.17) is 4.74 Å². The molecule has 3 aromatic rings. The minimum atomic E-state index is -0.0534. The molecule has 1 aromatic heterocycles. The highest BCUT2D eigenvalue weighted by Gasteiger charge is 2.10. The number of carbonyl (C=O) groups excluding carboxylic acids is 1. The molecule has 26 heavy (non-hydrogen) atoms. The fourth-order valence-electron chi connectivity index (χ4n) is 2.60. The van der Waals surface area contributed by atoms with Crippen LogP contribution in [0.2, 0.25) is 0 Å². The topological polar surface area (TPSA) is 69.0 Å². The van der Waals surface area contributed by atoms with E-state index in [-0.39, 0.29) is 11.9 Å². The Balaban J connectivity index is 1.42. The Morgan fingerprint density at radius 2 is 1.92 bits per heavy atom. The molecule has 0 saturated carbocycles. The smallest absolute Gasteiger partial charge is 0.220 e. The van der Waals surface area contributed by atoms with Crippen LogP contribution in [0.4, 0.5) is 0 Å². The molecule has 0 fully saturated rings. The summed E-state index contributed by atoms with van der Waals surface area (Å²) in [6, 6.07) is 17.5. The second-order valence-electron chi connectivity index (χ2n) is 5.99. The molecule has 1 amide bonds. The molecule has 0 bridgehead atoms. The van der Waals surface area contributed by atoms with Crippen molar-refractivity contribution < 1.29 is 9.53 Å². The molecule has 0 aliphatic heterocycles. The van der Waals surface area contributed by atoms with Crippen LogP contribution in [0.5, 0.6) is 5.75 Å². The maximum Gasteiger partial charge on any atom is 0.220 e. The van der Waals surface area contributed by atoms with E-state index in [0.717, 1.165) is 17.0 Å². The summed E-state index contributed by atoms with van der Waals surface area (Å²) >= 11 is 0. The van der Waals surface area contributed by atoms with Gasteiger partial charge in [0.25, 0.3) is 0 Å². The van der Waals surface area contributed by atoms with Crippen LogP contribution in [0.3, 0.4) is 0 Å². The lowest BCUT2D eigenvalue weighted by atomic mass is 10.1. The van der Waals surface area contributed by atoms with Gasteiger partial charge in [-0.1, -0.05) is 35.5 Å². The quantitative estimate of drug-likeness (QED) is 0.633. The van der Waals surface area contributed by atoms with Crippen molar-refractivity contribution in [3.8, 4) is 11.4 Å². The number of carbonyl (C=O) groups is 1. The summed E-state index contributed by atoms with van der Waals surface area (Å²) in [6.45, 7) is 2.50. The van der Waals surface area contributed by atoms with Crippen LogP contribution in [0, 0.1) is 0 Å². The highest BCUT2D eigenvalue weighted by Crippen LogP contribution is 2.15. The SMILES string of the molecule is C[C@H](NC(=O)CCCOc1ccccc1)c1ccc(-n2ccnn2)cc1. The highest BCUT2D eigenvalue weighted by molar-refractivity contribution is 5.76. The van der Waals surface area contributed by atoms with E-state index in [1.165, 1.54) is 0 Å². The van der Waals surface area contributed by atoms with Crippen LogP contribution in [-0.4, -0.2) is 27.5 Å². The number of hydrogen-bond acceptors (Lipinski definition) is 4. The van der Waals surface area contributed by atoms with Gasteiger partial charge in [0.1, 0.15) is 5.75 Å². The molecule has 2 aromatic carbocycles. The molecule has 0 radical (unpaired) electrons. The first-order chi connectivity index (χ1) is 12.7. The van der Waals surface area contributed by atoms with E-state index in [0.29, 0.717) is 19.4 Å². The van der Waals surface area contributed by atoms with Crippen LogP contribution in [-0.2, 0) is 4.79 Å². The Morgan fingerprint density at radius 3 is 2.62 bits per heavy atom. The van der Waals surface area contributed by atoms with Gasteiger partial charge in [0.05, 0.1) is 30.7 Å². The maximum atomic E-state index is 12.1. The summed E-state index contributed by atoms with van der Waals surface area (Å²) in [5.41, 5.74) is 1.98. The Hall–Kier alpha value is -3.15. The van der Waals surface area contributed by atoms with E-state index >= 15 is 0 Å². The predicted octanol–water partition coefficient (Wildman–Crippen LogP) is 3.30. The lowest BCUT2D eigenvalue weighted by molar-refractivity contribution is -0.121. The van der Waals surface area contributed by atoms with Gasteiger partial charge < -0.3 is 10.1 Å². The Kier molecular flexibility index (Phi) is 5.98. The minimum Gasteiger partial charge on any atom is -0.494 e. The van der Waals surface area contributed by atoms with Gasteiger partial charge in [0.2, 0.25) is 5.91 Å². The minimum absolute atomic E-state index is 0.0227. The van der Waals surface area contributed by atoms with E-state index in [1.807, 2.05) is 61.5 Å². The Morgan fingerprint density at radius 1 is 1.15 bits per heavy atom. The third kappa shape index (κ3) is 4.92. The average molecular weight is 350 g/mol. The first kappa shape index (κ1) is 17.7. The second-order valence-corrected chi connectivity index (χ2v) is 5.99. The van der Waals surface area contributed by atoms with Gasteiger partial charge >= 0.3 is 0 Å². The molecule has 3 rings (SSSR count). The standard InChI is InChI=1S/C20H22N4O2/c1-16(17-9-11-18(12-10-17)24-14-13-21-23-24)22-20(25)8-5-15-26-19-6-3-2-4-7-19/h2-4,6-7,9-14,16H,5,8,15H2,1H3,(H,22,25)/t16-/m0/s1. The van der Waals surface area contributed by atoms with Crippen LogP contribution in [0.15, 0.2) is 67.0 Å². The lowest BCUT2D eigenvalue weighted by Crippen LogP contribution is -2.26. The second kappa shape index (κ2) is 8.80. The molecule has 0 spiro atoms. The summed E-state index contributed by atoms with van der Waals surface area (Å²) in [6.07, 6.45) is 4.54. The number of nitrogens with one attached hydrogen (secondary N) is 1. The summed E-state index contributed by atoms with van der Waals surface area (Å²) in [7, 11) is 0. The summed E-state index contributed by atoms with van der Waals surface area (Å²) in [5, 5.41) is 10.8. The van der Waals surface area contributed by atoms with E-state index < -0.39 is 0 Å². The highest BCUT2D eigenvalue weighted by atomic mass is 16.5. The van der Waals surface area contributed by atoms with Crippen LogP contribution >= 0.6 is 0 Å². The number of benzene rings is 2. The van der Waals surface area contributed by atoms with Gasteiger partial charge in [-0.3, -0.25) is 4.79 Å². The molecule has 0 aliphatic rings. The van der Waals surface area contributed by atoms with Crippen molar-refractivity contribution >= 4 is 5.91 Å². The fourth-order valence-corrected chi connectivity index (χ4v) is 2.60. The first-order valence-corrected chi connectivity index (χ1v) is 8.66. The van der Waals surface area contributed by atoms with Crippen molar-refractivity contribution in [1.29, 1.82) is 0 Å². The third-order valence-corrected chi connectivity index (χ3v) is 4.02. The molecule has 1 N–H and O–H groups in total. The molecule has 0 unspecified atom stereocenters. The number of para-hydroxylation sites is 1. The largest absolute Gasteiger partial charge is 0.494 e. The monoisotopic (exact) mass is 350 g/mol. The molecule has 1 atom stereocenters. The van der Waals surface area contributed by atoms with Gasteiger partial charge in [-0.05, 0) is 43.2 Å². The molecule has 1 heterocycles. The average Bonchev–Trinajstić information content (AvgIpc) is 3.21. The van der Waals surface area contributed by atoms with Gasteiger partial charge in [-0.15, -0.1) is 5.10 Å². The number of amides is 1. The van der Waals surface area contributed by atoms with Crippen molar-refractivity contribution in [2.45, 2.75) is 25.8 Å². The van der Waals surface area contributed by atoms with Crippen molar-refractivity contribution in [3.63, 3.8) is 0 Å². The zero-order valence-corrected chi connectivity index (χ0v) is 14.7. The normalized spacial score (nSPS) is 11.7. The number of ether oxygens (including phenoxy) is 1. The van der Waals surface area contributed by atoms with Crippen LogP contribution < -0.4 is 10.1 Å². The van der Waals surface area contributed by atoms with Crippen molar-refractivity contribution in [2.75, 3.05) is 6.61 Å². The first-order valence-electron chi connectivity index (χ1n) is 8.66. The number of aromatic nitrogens is 3. The van der Waals surface area contributed by atoms with E-state index in [2.05, 4.69) is 15.6 Å². The third-order valence-electron chi connectivity index (χ3n) is 4.02. The van der Waals surface area contributed by atoms with Crippen molar-refractivity contribution in [1.82, 2.24) is 20.3 Å². The maximum absolute atomic E-state index is 12.1. The summed E-state index contributed by atoms with van der Waals surface area (Å²) < 4.78 is 7.30. The summed E-state index contributed by atoms with van der Waals surface area (Å²) in [5.74, 6) is 0.850. The van der Waals surface area contributed by atoms with Gasteiger partial charge in [-0.2, -0.15) is 0 Å². The van der Waals surface area contributed by atoms with Gasteiger partial charge in [0, 0.05) is 6.42 Å². The van der Waals surface area contributed by atoms with Crippen LogP contribution in [0.25, 0.3) is 5.69 Å². The molecule has 6 nitrogen and oxygen atoms in total. The van der Waals surface area contributed by atoms with Crippen LogP contribution in [0.1, 0.15) is 31.4 Å². The molecular formula is C20H22N4O2. The molecule has 0 aliphatic carbocycles. The predicted molar refractivity (Wildman–Crippen MR) is 99.1 cm³/mol. The van der Waals surface area contributed by atoms with Gasteiger partial charge in [0.15, 0.2) is 0 Å². The zero-order valence-electron chi connectivity index (χ0n) is 14.7. The van der Waals surface area contributed by atoms with E-state index in [9.17, 15) is 4.79 Å². The van der Waals surface area contributed by atoms with Crippen molar-refractivity contribution in [3.05, 3.63) is 72.6 Å². The Labute approximate surface area is 152 Å². The number of hydrogen-bond donors (Lipinski definition) is 1. The Bertz CT molecular complexity index is 802. The van der Waals surface area contributed by atoms with Crippen molar-refractivity contribution in [2.24, 2.45) is 0 Å². The fraction of sp³-hybridized carbons (Fsp3) is 0.250. The summed E-state index contributed by atoms with van der Waals surface area (Å²) in [4.78, 5) is 12.1. The van der Waals surface area contributed by atoms with Gasteiger partial charge in [-0.25, -0.2) is 4.68 Å². The molecule has 0 saturated heterocycles. The lowest BCUT2D eigenvalue weighted by Gasteiger charge is -2.15. The molecule has 134 valence electrons. The molecule has 6 heteroatoms. The number of nitrogens with zero attached hydrogens (tertiary/aromatic N) is 3. The number of rotatable bonds is 8. The zero-order chi connectivity index (χ0) is 18.2. The van der Waals surface area contributed by atoms with E-state index in [1.54, 1.807) is 17.1 Å². The molecular weight excluding hydrogens is 328 g/mol.